The van der Waals surface area contributed by atoms with Gasteiger partial charge in [0, 0.05) is 11.1 Å². The van der Waals surface area contributed by atoms with Gasteiger partial charge in [0.1, 0.15) is 5.75 Å². The van der Waals surface area contributed by atoms with Crippen LogP contribution in [0, 0.1) is 6.92 Å². The highest BCUT2D eigenvalue weighted by molar-refractivity contribution is 6.31. The summed E-state index contributed by atoms with van der Waals surface area (Å²) >= 11 is 5.76. The van der Waals surface area contributed by atoms with E-state index >= 15 is 0 Å². The van der Waals surface area contributed by atoms with E-state index < -0.39 is 0 Å². The fraction of sp³-hybridized carbons (Fsp3) is 0.143. The summed E-state index contributed by atoms with van der Waals surface area (Å²) in [6.45, 7) is 1.92. The zero-order chi connectivity index (χ0) is 7.56. The van der Waals surface area contributed by atoms with Gasteiger partial charge in [0.2, 0.25) is 0 Å². The van der Waals surface area contributed by atoms with Crippen LogP contribution in [0.5, 0.6) is 5.75 Å². The molecule has 0 atom stereocenters. The molecule has 0 aliphatic heterocycles. The van der Waals surface area contributed by atoms with E-state index in [4.69, 9.17) is 17.5 Å². The van der Waals surface area contributed by atoms with Crippen molar-refractivity contribution in [3.8, 4) is 5.75 Å². The molecule has 54 valence electrons. The standard InChI is InChI=1S/C7H8ClNO/c1-5-2-3-6(10-9)4-7(5)8/h2-4H,9H2,1H3. The number of hydrogen-bond acceptors (Lipinski definition) is 2. The maximum Gasteiger partial charge on any atom is 0.148 e. The zero-order valence-electron chi connectivity index (χ0n) is 5.60. The van der Waals surface area contributed by atoms with Gasteiger partial charge < -0.3 is 4.84 Å². The van der Waals surface area contributed by atoms with Crippen molar-refractivity contribution in [1.82, 2.24) is 0 Å². The first-order valence-electron chi connectivity index (χ1n) is 2.87. The molecule has 2 N–H and O–H groups in total. The lowest BCUT2D eigenvalue weighted by Gasteiger charge is -1.99. The molecule has 10 heavy (non-hydrogen) atoms. The lowest BCUT2D eigenvalue weighted by molar-refractivity contribution is 0.334. The van der Waals surface area contributed by atoms with Gasteiger partial charge in [-0.25, -0.2) is 0 Å². The van der Waals surface area contributed by atoms with Crippen LogP contribution >= 0.6 is 11.6 Å². The molecule has 3 heteroatoms. The van der Waals surface area contributed by atoms with Crippen molar-refractivity contribution in [2.45, 2.75) is 6.92 Å². The lowest BCUT2D eigenvalue weighted by Crippen LogP contribution is -2.01. The van der Waals surface area contributed by atoms with E-state index in [2.05, 4.69) is 4.84 Å². The van der Waals surface area contributed by atoms with Gasteiger partial charge in [0.25, 0.3) is 0 Å². The summed E-state index contributed by atoms with van der Waals surface area (Å²) in [5.41, 5.74) is 1.02. The summed E-state index contributed by atoms with van der Waals surface area (Å²) in [7, 11) is 0. The molecular weight excluding hydrogens is 150 g/mol. The van der Waals surface area contributed by atoms with Crippen molar-refractivity contribution in [1.29, 1.82) is 0 Å². The Morgan fingerprint density at radius 3 is 2.70 bits per heavy atom. The number of halogens is 1. The number of hydrogen-bond donors (Lipinski definition) is 1. The van der Waals surface area contributed by atoms with Gasteiger partial charge in [-0.2, -0.15) is 5.90 Å². The van der Waals surface area contributed by atoms with Crippen molar-refractivity contribution in [3.05, 3.63) is 28.8 Å². The first-order valence-corrected chi connectivity index (χ1v) is 3.24. The minimum atomic E-state index is 0.579. The van der Waals surface area contributed by atoms with E-state index in [0.717, 1.165) is 5.56 Å². The van der Waals surface area contributed by atoms with E-state index in [9.17, 15) is 0 Å². The Bertz CT molecular complexity index is 237. The summed E-state index contributed by atoms with van der Waals surface area (Å²) < 4.78 is 0. The fourth-order valence-electron chi connectivity index (χ4n) is 0.647. The fourth-order valence-corrected chi connectivity index (χ4v) is 0.817. The third-order valence-electron chi connectivity index (χ3n) is 1.28. The monoisotopic (exact) mass is 157 g/mol. The molecule has 1 rings (SSSR count). The highest BCUT2D eigenvalue weighted by Crippen LogP contribution is 2.20. The first kappa shape index (κ1) is 7.38. The first-order chi connectivity index (χ1) is 4.74. The van der Waals surface area contributed by atoms with Crippen molar-refractivity contribution in [2.24, 2.45) is 5.90 Å². The van der Waals surface area contributed by atoms with Gasteiger partial charge in [-0.05, 0) is 18.6 Å². The predicted octanol–water partition coefficient (Wildman–Crippen LogP) is 1.90. The van der Waals surface area contributed by atoms with Crippen LogP contribution in [0.4, 0.5) is 0 Å². The number of aryl methyl sites for hydroxylation is 1. The average Bonchev–Trinajstić information content (AvgIpc) is 1.95. The maximum absolute atomic E-state index is 5.76. The van der Waals surface area contributed by atoms with Crippen molar-refractivity contribution in [3.63, 3.8) is 0 Å². The van der Waals surface area contributed by atoms with Crippen LogP contribution in [-0.4, -0.2) is 0 Å². The van der Waals surface area contributed by atoms with E-state index in [1.165, 1.54) is 0 Å². The quantitative estimate of drug-likeness (QED) is 0.632. The Morgan fingerprint density at radius 1 is 1.50 bits per heavy atom. The SMILES string of the molecule is Cc1ccc(ON)cc1Cl. The third kappa shape index (κ3) is 1.40. The highest BCUT2D eigenvalue weighted by atomic mass is 35.5. The molecule has 0 spiro atoms. The van der Waals surface area contributed by atoms with Gasteiger partial charge in [-0.3, -0.25) is 0 Å². The average molecular weight is 158 g/mol. The maximum atomic E-state index is 5.76. The van der Waals surface area contributed by atoms with Crippen molar-refractivity contribution >= 4 is 11.6 Å². The Hall–Kier alpha value is -0.730. The van der Waals surface area contributed by atoms with Gasteiger partial charge in [-0.15, -0.1) is 0 Å². The molecule has 1 aromatic rings. The van der Waals surface area contributed by atoms with E-state index in [-0.39, 0.29) is 0 Å². The largest absolute Gasteiger partial charge is 0.411 e. The number of benzene rings is 1. The topological polar surface area (TPSA) is 35.2 Å². The van der Waals surface area contributed by atoms with Crippen LogP contribution in [0.2, 0.25) is 5.02 Å². The normalized spacial score (nSPS) is 9.50. The molecule has 0 aliphatic carbocycles. The molecule has 0 bridgehead atoms. The molecule has 0 heterocycles. The second kappa shape index (κ2) is 2.90. The van der Waals surface area contributed by atoms with Gasteiger partial charge in [0.05, 0.1) is 0 Å². The van der Waals surface area contributed by atoms with E-state index in [1.807, 2.05) is 13.0 Å². The van der Waals surface area contributed by atoms with Gasteiger partial charge in [0.15, 0.2) is 0 Å². The summed E-state index contributed by atoms with van der Waals surface area (Å²) in [6.07, 6.45) is 0. The molecule has 0 radical (unpaired) electrons. The van der Waals surface area contributed by atoms with Crippen LogP contribution in [0.25, 0.3) is 0 Å². The molecule has 0 saturated heterocycles. The second-order valence-corrected chi connectivity index (χ2v) is 2.44. The van der Waals surface area contributed by atoms with Gasteiger partial charge >= 0.3 is 0 Å². The summed E-state index contributed by atoms with van der Waals surface area (Å²) in [6, 6.07) is 5.29. The van der Waals surface area contributed by atoms with Crippen LogP contribution < -0.4 is 10.7 Å². The minimum absolute atomic E-state index is 0.579. The Balaban J connectivity index is 3.04. The molecule has 0 amide bonds. The molecule has 0 fully saturated rings. The smallest absolute Gasteiger partial charge is 0.148 e. The third-order valence-corrected chi connectivity index (χ3v) is 1.69. The molecule has 1 aromatic carbocycles. The second-order valence-electron chi connectivity index (χ2n) is 2.03. The summed E-state index contributed by atoms with van der Waals surface area (Å²) in [5, 5.41) is 0.669. The molecule has 0 aromatic heterocycles. The lowest BCUT2D eigenvalue weighted by atomic mass is 10.2. The summed E-state index contributed by atoms with van der Waals surface area (Å²) in [4.78, 5) is 4.47. The molecular formula is C7H8ClNO. The summed E-state index contributed by atoms with van der Waals surface area (Å²) in [5.74, 6) is 5.49. The van der Waals surface area contributed by atoms with Crippen LogP contribution in [0.15, 0.2) is 18.2 Å². The Labute approximate surface area is 64.5 Å². The predicted molar refractivity (Wildman–Crippen MR) is 41.0 cm³/mol. The number of rotatable bonds is 1. The van der Waals surface area contributed by atoms with Crippen LogP contribution in [0.1, 0.15) is 5.56 Å². The van der Waals surface area contributed by atoms with Crippen molar-refractivity contribution < 1.29 is 4.84 Å². The number of nitrogens with two attached hydrogens (primary N) is 1. The molecule has 0 aliphatic rings. The Kier molecular flexibility index (Phi) is 2.14. The van der Waals surface area contributed by atoms with Crippen molar-refractivity contribution in [2.75, 3.05) is 0 Å². The molecule has 0 saturated carbocycles. The highest BCUT2D eigenvalue weighted by Gasteiger charge is 1.95. The molecule has 0 unspecified atom stereocenters. The molecule has 2 nitrogen and oxygen atoms in total. The van der Waals surface area contributed by atoms with E-state index in [1.54, 1.807) is 12.1 Å². The zero-order valence-corrected chi connectivity index (χ0v) is 6.35. The van der Waals surface area contributed by atoms with Crippen LogP contribution in [0.3, 0.4) is 0 Å². The van der Waals surface area contributed by atoms with E-state index in [0.29, 0.717) is 10.8 Å². The van der Waals surface area contributed by atoms with Crippen LogP contribution in [-0.2, 0) is 0 Å². The Morgan fingerprint density at radius 2 is 2.20 bits per heavy atom. The van der Waals surface area contributed by atoms with Gasteiger partial charge in [-0.1, -0.05) is 17.7 Å². The minimum Gasteiger partial charge on any atom is -0.411 e.